The van der Waals surface area contributed by atoms with Crippen LogP contribution in [0.25, 0.3) is 31.3 Å². The number of fused-ring (bicyclic) bond motifs is 3. The molecule has 4 rings (SSSR count). The van der Waals surface area contributed by atoms with E-state index in [9.17, 15) is 10.0 Å². The van der Waals surface area contributed by atoms with Gasteiger partial charge in [0.2, 0.25) is 0 Å². The van der Waals surface area contributed by atoms with Gasteiger partial charge in [-0.25, -0.2) is 0 Å². The van der Waals surface area contributed by atoms with E-state index in [1.165, 1.54) is 16.5 Å². The van der Waals surface area contributed by atoms with E-state index in [0.717, 1.165) is 14.8 Å². The van der Waals surface area contributed by atoms with Gasteiger partial charge in [0, 0.05) is 20.2 Å². The molecule has 0 saturated heterocycles. The minimum Gasteiger partial charge on any atom is -0.423 e. The molecule has 4 aromatic rings. The fraction of sp³-hybridized carbons (Fsp3) is 0. The molecule has 0 atom stereocenters. The number of hydrogen-bond acceptors (Lipinski definition) is 3. The van der Waals surface area contributed by atoms with Crippen LogP contribution in [0, 0.1) is 0 Å². The van der Waals surface area contributed by atoms with Crippen molar-refractivity contribution in [1.29, 1.82) is 0 Å². The van der Waals surface area contributed by atoms with E-state index in [4.69, 9.17) is 0 Å². The van der Waals surface area contributed by atoms with Crippen LogP contribution in [0.5, 0.6) is 0 Å². The largest absolute Gasteiger partial charge is 0.489 e. The summed E-state index contributed by atoms with van der Waals surface area (Å²) in [5.74, 6) is 0. The highest BCUT2D eigenvalue weighted by atomic mass is 32.1. The Bertz CT molecular complexity index is 961. The van der Waals surface area contributed by atoms with Crippen molar-refractivity contribution >= 4 is 44.1 Å². The molecule has 0 aliphatic heterocycles. The first-order chi connectivity index (χ1) is 10.8. The van der Waals surface area contributed by atoms with Crippen molar-refractivity contribution in [3.05, 3.63) is 66.7 Å². The van der Waals surface area contributed by atoms with Crippen LogP contribution in [-0.2, 0) is 0 Å². The zero-order chi connectivity index (χ0) is 15.1. The standard InChI is InChI=1S/C18H13BO2S/c20-19(21)15-10-4-9-14-17-13(12-6-2-1-3-7-12)8-5-11-16(17)22-18(14)15/h1-11,20-21H. The maximum atomic E-state index is 9.60. The fourth-order valence-corrected chi connectivity index (χ4v) is 4.19. The molecule has 0 amide bonds. The number of rotatable bonds is 2. The molecule has 1 aromatic heterocycles. The zero-order valence-electron chi connectivity index (χ0n) is 11.7. The Balaban J connectivity index is 2.13. The summed E-state index contributed by atoms with van der Waals surface area (Å²) >= 11 is 1.61. The Kier molecular flexibility index (Phi) is 3.23. The molecule has 0 unspecified atom stereocenters. The molecular weight excluding hydrogens is 291 g/mol. The molecule has 0 radical (unpaired) electrons. The van der Waals surface area contributed by atoms with Crippen LogP contribution >= 0.6 is 11.3 Å². The van der Waals surface area contributed by atoms with Gasteiger partial charge < -0.3 is 10.0 Å². The van der Waals surface area contributed by atoms with E-state index in [0.29, 0.717) is 5.46 Å². The predicted molar refractivity (Wildman–Crippen MR) is 94.6 cm³/mol. The molecular formula is C18H13BO2S. The first kappa shape index (κ1) is 13.5. The normalized spacial score (nSPS) is 11.2. The molecule has 0 fully saturated rings. The quantitative estimate of drug-likeness (QED) is 0.557. The van der Waals surface area contributed by atoms with E-state index in [-0.39, 0.29) is 0 Å². The van der Waals surface area contributed by atoms with E-state index in [1.807, 2.05) is 30.3 Å². The Labute approximate surface area is 132 Å². The molecule has 0 bridgehead atoms. The van der Waals surface area contributed by atoms with Crippen molar-refractivity contribution in [3.8, 4) is 11.1 Å². The smallest absolute Gasteiger partial charge is 0.423 e. The monoisotopic (exact) mass is 304 g/mol. The third-order valence-electron chi connectivity index (χ3n) is 3.92. The lowest BCUT2D eigenvalue weighted by atomic mass is 9.79. The van der Waals surface area contributed by atoms with Crippen molar-refractivity contribution in [2.24, 2.45) is 0 Å². The first-order valence-electron chi connectivity index (χ1n) is 7.11. The van der Waals surface area contributed by atoms with Gasteiger partial charge in [0.15, 0.2) is 0 Å². The molecule has 0 aliphatic carbocycles. The van der Waals surface area contributed by atoms with Crippen molar-refractivity contribution < 1.29 is 10.0 Å². The summed E-state index contributed by atoms with van der Waals surface area (Å²) in [4.78, 5) is 0. The van der Waals surface area contributed by atoms with Gasteiger partial charge in [0.1, 0.15) is 0 Å². The lowest BCUT2D eigenvalue weighted by Gasteiger charge is -2.05. The number of benzene rings is 3. The average molecular weight is 304 g/mol. The Morgan fingerprint density at radius 3 is 2.32 bits per heavy atom. The molecule has 0 spiro atoms. The summed E-state index contributed by atoms with van der Waals surface area (Å²) < 4.78 is 2.10. The van der Waals surface area contributed by atoms with Gasteiger partial charge in [0.05, 0.1) is 0 Å². The van der Waals surface area contributed by atoms with Crippen molar-refractivity contribution in [1.82, 2.24) is 0 Å². The molecule has 3 aromatic carbocycles. The van der Waals surface area contributed by atoms with Gasteiger partial charge >= 0.3 is 7.12 Å². The van der Waals surface area contributed by atoms with Crippen molar-refractivity contribution in [2.75, 3.05) is 0 Å². The van der Waals surface area contributed by atoms with Crippen molar-refractivity contribution in [3.63, 3.8) is 0 Å². The number of thiophene rings is 1. The van der Waals surface area contributed by atoms with Crippen LogP contribution in [-0.4, -0.2) is 17.2 Å². The molecule has 106 valence electrons. The minimum atomic E-state index is -1.45. The van der Waals surface area contributed by atoms with Crippen LogP contribution < -0.4 is 5.46 Å². The van der Waals surface area contributed by atoms with Crippen LogP contribution in [0.1, 0.15) is 0 Å². The van der Waals surface area contributed by atoms with Gasteiger partial charge in [-0.3, -0.25) is 0 Å². The van der Waals surface area contributed by atoms with Gasteiger partial charge in [-0.2, -0.15) is 0 Å². The van der Waals surface area contributed by atoms with Gasteiger partial charge in [-0.05, 0) is 22.7 Å². The SMILES string of the molecule is OB(O)c1cccc2c1sc1cccc(-c3ccccc3)c12. The van der Waals surface area contributed by atoms with Crippen LogP contribution in [0.2, 0.25) is 0 Å². The average Bonchev–Trinajstić information content (AvgIpc) is 2.94. The first-order valence-corrected chi connectivity index (χ1v) is 7.93. The third kappa shape index (κ3) is 2.04. The summed E-state index contributed by atoms with van der Waals surface area (Å²) in [5, 5.41) is 21.4. The van der Waals surface area contributed by atoms with Gasteiger partial charge in [-0.15, -0.1) is 11.3 Å². The van der Waals surface area contributed by atoms with E-state index in [1.54, 1.807) is 17.4 Å². The lowest BCUT2D eigenvalue weighted by molar-refractivity contribution is 0.426. The summed E-state index contributed by atoms with van der Waals surface area (Å²) in [6, 6.07) is 22.2. The maximum Gasteiger partial charge on any atom is 0.489 e. The van der Waals surface area contributed by atoms with Gasteiger partial charge in [0.25, 0.3) is 0 Å². The molecule has 0 aliphatic rings. The van der Waals surface area contributed by atoms with Gasteiger partial charge in [-0.1, -0.05) is 60.7 Å². The predicted octanol–water partition coefficient (Wildman–Crippen LogP) is 3.40. The van der Waals surface area contributed by atoms with Crippen LogP contribution in [0.3, 0.4) is 0 Å². The zero-order valence-corrected chi connectivity index (χ0v) is 12.5. The summed E-state index contributed by atoms with van der Waals surface area (Å²) in [6.07, 6.45) is 0. The summed E-state index contributed by atoms with van der Waals surface area (Å²) in [6.45, 7) is 0. The molecule has 1 heterocycles. The molecule has 22 heavy (non-hydrogen) atoms. The van der Waals surface area contributed by atoms with Crippen molar-refractivity contribution in [2.45, 2.75) is 0 Å². The Morgan fingerprint density at radius 2 is 1.55 bits per heavy atom. The van der Waals surface area contributed by atoms with E-state index in [2.05, 4.69) is 30.3 Å². The Hall–Kier alpha value is -2.14. The second-order valence-electron chi connectivity index (χ2n) is 5.24. The summed E-state index contributed by atoms with van der Waals surface area (Å²) in [7, 11) is -1.45. The van der Waals surface area contributed by atoms with E-state index >= 15 is 0 Å². The lowest BCUT2D eigenvalue weighted by Crippen LogP contribution is -2.29. The Morgan fingerprint density at radius 1 is 0.773 bits per heavy atom. The van der Waals surface area contributed by atoms with Crippen LogP contribution in [0.15, 0.2) is 66.7 Å². The minimum absolute atomic E-state index is 0.567. The highest BCUT2D eigenvalue weighted by Gasteiger charge is 2.18. The topological polar surface area (TPSA) is 40.5 Å². The van der Waals surface area contributed by atoms with Crippen LogP contribution in [0.4, 0.5) is 0 Å². The molecule has 0 saturated carbocycles. The third-order valence-corrected chi connectivity index (χ3v) is 5.14. The fourth-order valence-electron chi connectivity index (χ4n) is 2.93. The second kappa shape index (κ2) is 5.25. The number of hydrogen-bond donors (Lipinski definition) is 2. The summed E-state index contributed by atoms with van der Waals surface area (Å²) in [5.41, 5.74) is 2.91. The highest BCUT2D eigenvalue weighted by molar-refractivity contribution is 7.27. The highest BCUT2D eigenvalue weighted by Crippen LogP contribution is 2.39. The molecule has 2 nitrogen and oxygen atoms in total. The second-order valence-corrected chi connectivity index (χ2v) is 6.30. The maximum absolute atomic E-state index is 9.60. The molecule has 2 N–H and O–H groups in total. The molecule has 4 heteroatoms. The van der Waals surface area contributed by atoms with E-state index < -0.39 is 7.12 Å².